The topological polar surface area (TPSA) is 36.4 Å². The molecule has 0 saturated heterocycles. The van der Waals surface area contributed by atoms with Gasteiger partial charge in [-0.15, -0.1) is 0 Å². The normalized spacial score (nSPS) is 11.1. The van der Waals surface area contributed by atoms with Gasteiger partial charge in [0.15, 0.2) is 5.11 Å². The van der Waals surface area contributed by atoms with Gasteiger partial charge in [0.1, 0.15) is 0 Å². The first kappa shape index (κ1) is 16.2. The fourth-order valence-electron chi connectivity index (χ4n) is 2.13. The molecule has 0 aromatic heterocycles. The molecule has 0 bridgehead atoms. The second-order valence-corrected chi connectivity index (χ2v) is 5.50. The quantitative estimate of drug-likeness (QED) is 0.499. The Kier molecular flexibility index (Phi) is 5.67. The highest BCUT2D eigenvalue weighted by atomic mass is 32.1. The number of aryl methyl sites for hydroxylation is 1. The van der Waals surface area contributed by atoms with Crippen LogP contribution in [-0.4, -0.2) is 10.8 Å². The van der Waals surface area contributed by atoms with E-state index in [9.17, 15) is 0 Å². The molecule has 22 heavy (non-hydrogen) atoms. The van der Waals surface area contributed by atoms with E-state index in [0.29, 0.717) is 5.11 Å². The molecule has 0 unspecified atom stereocenters. The van der Waals surface area contributed by atoms with Crippen LogP contribution >= 0.6 is 12.2 Å². The molecule has 4 heteroatoms. The minimum atomic E-state index is 0.496. The van der Waals surface area contributed by atoms with E-state index in [2.05, 4.69) is 42.7 Å². The third kappa shape index (κ3) is 4.15. The predicted molar refractivity (Wildman–Crippen MR) is 98.5 cm³/mol. The van der Waals surface area contributed by atoms with Crippen molar-refractivity contribution in [1.29, 1.82) is 0 Å². The number of nitrogens with zero attached hydrogens (tertiary/aromatic N) is 1. The summed E-state index contributed by atoms with van der Waals surface area (Å²) < 4.78 is 0. The molecule has 114 valence electrons. The van der Waals surface area contributed by atoms with E-state index >= 15 is 0 Å². The van der Waals surface area contributed by atoms with E-state index in [1.165, 1.54) is 11.1 Å². The fraction of sp³-hybridized carbons (Fsp3) is 0.222. The van der Waals surface area contributed by atoms with Gasteiger partial charge in [0.05, 0.1) is 5.71 Å². The lowest BCUT2D eigenvalue weighted by molar-refractivity contribution is 1.02. The van der Waals surface area contributed by atoms with Gasteiger partial charge in [0.25, 0.3) is 0 Å². The SMILES string of the molecule is CC/C(=N\NC(=S)Nc1cccc(C)c1C)c1ccccc1. The van der Waals surface area contributed by atoms with Crippen molar-refractivity contribution in [2.75, 3.05) is 5.32 Å². The number of hydrogen-bond donors (Lipinski definition) is 2. The van der Waals surface area contributed by atoms with Crippen molar-refractivity contribution < 1.29 is 0 Å². The maximum absolute atomic E-state index is 5.33. The summed E-state index contributed by atoms with van der Waals surface area (Å²) in [6, 6.07) is 16.2. The number of hydrazone groups is 1. The molecule has 2 N–H and O–H groups in total. The Labute approximate surface area is 137 Å². The summed E-state index contributed by atoms with van der Waals surface area (Å²) in [6.07, 6.45) is 0.836. The summed E-state index contributed by atoms with van der Waals surface area (Å²) >= 11 is 5.33. The van der Waals surface area contributed by atoms with Crippen molar-refractivity contribution in [2.45, 2.75) is 27.2 Å². The maximum atomic E-state index is 5.33. The summed E-state index contributed by atoms with van der Waals surface area (Å²) in [6.45, 7) is 6.24. The predicted octanol–water partition coefficient (Wildman–Crippen LogP) is 4.40. The Morgan fingerprint density at radius 3 is 2.45 bits per heavy atom. The van der Waals surface area contributed by atoms with Crippen molar-refractivity contribution in [2.24, 2.45) is 5.10 Å². The molecule has 3 nitrogen and oxygen atoms in total. The average Bonchev–Trinajstić information content (AvgIpc) is 2.53. The third-order valence-corrected chi connectivity index (χ3v) is 3.78. The zero-order valence-corrected chi connectivity index (χ0v) is 14.0. The summed E-state index contributed by atoms with van der Waals surface area (Å²) in [5.74, 6) is 0. The van der Waals surface area contributed by atoms with Crippen molar-refractivity contribution in [3.05, 3.63) is 65.2 Å². The molecule has 0 amide bonds. The molecule has 0 aliphatic carbocycles. The number of thiocarbonyl (C=S) groups is 1. The van der Waals surface area contributed by atoms with Crippen LogP contribution < -0.4 is 10.7 Å². The molecule has 0 aliphatic rings. The van der Waals surface area contributed by atoms with Crippen molar-refractivity contribution in [1.82, 2.24) is 5.43 Å². The second kappa shape index (κ2) is 7.71. The smallest absolute Gasteiger partial charge is 0.191 e. The highest BCUT2D eigenvalue weighted by Crippen LogP contribution is 2.17. The van der Waals surface area contributed by atoms with Crippen molar-refractivity contribution in [3.8, 4) is 0 Å². The van der Waals surface area contributed by atoms with E-state index in [4.69, 9.17) is 12.2 Å². The lowest BCUT2D eigenvalue weighted by Crippen LogP contribution is -2.25. The first-order valence-electron chi connectivity index (χ1n) is 7.37. The zero-order chi connectivity index (χ0) is 15.9. The Morgan fingerprint density at radius 2 is 1.77 bits per heavy atom. The molecule has 2 aromatic rings. The monoisotopic (exact) mass is 311 g/mol. The van der Waals surface area contributed by atoms with Crippen LogP contribution in [-0.2, 0) is 0 Å². The van der Waals surface area contributed by atoms with E-state index in [-0.39, 0.29) is 0 Å². The van der Waals surface area contributed by atoms with Crippen LogP contribution in [0.25, 0.3) is 0 Å². The second-order valence-electron chi connectivity index (χ2n) is 5.09. The molecular formula is C18H21N3S. The number of nitrogens with one attached hydrogen (secondary N) is 2. The highest BCUT2D eigenvalue weighted by molar-refractivity contribution is 7.80. The Hall–Kier alpha value is -2.20. The number of hydrogen-bond acceptors (Lipinski definition) is 2. The molecule has 0 spiro atoms. The summed E-state index contributed by atoms with van der Waals surface area (Å²) in [5, 5.41) is 8.11. The highest BCUT2D eigenvalue weighted by Gasteiger charge is 2.04. The van der Waals surface area contributed by atoms with Crippen LogP contribution in [0, 0.1) is 13.8 Å². The molecular weight excluding hydrogens is 290 g/mol. The summed E-state index contributed by atoms with van der Waals surface area (Å²) in [7, 11) is 0. The van der Waals surface area contributed by atoms with Crippen LogP contribution in [0.1, 0.15) is 30.0 Å². The van der Waals surface area contributed by atoms with Gasteiger partial charge in [-0.25, -0.2) is 0 Å². The standard InChI is InChI=1S/C18H21N3S/c1-4-16(15-10-6-5-7-11-15)20-21-18(22)19-17-12-8-9-13(2)14(17)3/h5-12H,4H2,1-3H3,(H2,19,21,22)/b20-16+. The number of anilines is 1. The zero-order valence-electron chi connectivity index (χ0n) is 13.2. The van der Waals surface area contributed by atoms with Gasteiger partial charge >= 0.3 is 0 Å². The number of benzene rings is 2. The molecule has 0 atom stereocenters. The van der Waals surface area contributed by atoms with Gasteiger partial charge in [0, 0.05) is 5.69 Å². The molecule has 2 rings (SSSR count). The fourth-order valence-corrected chi connectivity index (χ4v) is 2.29. The van der Waals surface area contributed by atoms with E-state index in [1.807, 2.05) is 42.5 Å². The molecule has 0 fully saturated rings. The Bertz CT molecular complexity index is 678. The van der Waals surface area contributed by atoms with Gasteiger partial charge in [-0.2, -0.15) is 5.10 Å². The molecule has 0 radical (unpaired) electrons. The van der Waals surface area contributed by atoms with Crippen LogP contribution in [0.2, 0.25) is 0 Å². The third-order valence-electron chi connectivity index (χ3n) is 3.59. The lowest BCUT2D eigenvalue weighted by atomic mass is 10.1. The lowest BCUT2D eigenvalue weighted by Gasteiger charge is -2.12. The first-order valence-corrected chi connectivity index (χ1v) is 7.77. The molecule has 2 aromatic carbocycles. The van der Waals surface area contributed by atoms with Gasteiger partial charge in [-0.3, -0.25) is 5.43 Å². The maximum Gasteiger partial charge on any atom is 0.191 e. The number of rotatable bonds is 4. The van der Waals surface area contributed by atoms with Gasteiger partial charge in [-0.1, -0.05) is 49.4 Å². The van der Waals surface area contributed by atoms with E-state index in [0.717, 1.165) is 23.4 Å². The average molecular weight is 311 g/mol. The van der Waals surface area contributed by atoms with Crippen LogP contribution in [0.3, 0.4) is 0 Å². The Morgan fingerprint density at radius 1 is 1.05 bits per heavy atom. The largest absolute Gasteiger partial charge is 0.331 e. The van der Waals surface area contributed by atoms with E-state index in [1.54, 1.807) is 0 Å². The molecule has 0 aliphatic heterocycles. The molecule has 0 heterocycles. The van der Waals surface area contributed by atoms with Crippen molar-refractivity contribution >= 4 is 28.7 Å². The van der Waals surface area contributed by atoms with Crippen LogP contribution in [0.5, 0.6) is 0 Å². The van der Waals surface area contributed by atoms with Crippen molar-refractivity contribution in [3.63, 3.8) is 0 Å². The summed E-state index contributed by atoms with van der Waals surface area (Å²) in [5.41, 5.74) is 8.44. The van der Waals surface area contributed by atoms with Gasteiger partial charge in [-0.05, 0) is 55.2 Å². The Balaban J connectivity index is 2.05. The van der Waals surface area contributed by atoms with Gasteiger partial charge in [0.2, 0.25) is 0 Å². The molecule has 0 saturated carbocycles. The first-order chi connectivity index (χ1) is 10.6. The van der Waals surface area contributed by atoms with Crippen LogP contribution in [0.4, 0.5) is 5.69 Å². The van der Waals surface area contributed by atoms with Gasteiger partial charge < -0.3 is 5.32 Å². The minimum Gasteiger partial charge on any atom is -0.331 e. The summed E-state index contributed by atoms with van der Waals surface area (Å²) in [4.78, 5) is 0. The van der Waals surface area contributed by atoms with E-state index < -0.39 is 0 Å². The van der Waals surface area contributed by atoms with Crippen LogP contribution in [0.15, 0.2) is 53.6 Å². The minimum absolute atomic E-state index is 0.496.